The number of nitrogens with zero attached hydrogens (tertiary/aromatic N) is 2. The summed E-state index contributed by atoms with van der Waals surface area (Å²) in [7, 11) is 3.67. The van der Waals surface area contributed by atoms with E-state index in [2.05, 4.69) is 15.2 Å². The molecular formula is C16H29N3O3. The van der Waals surface area contributed by atoms with E-state index in [1.807, 2.05) is 7.05 Å². The summed E-state index contributed by atoms with van der Waals surface area (Å²) in [4.78, 5) is 6.85. The van der Waals surface area contributed by atoms with Crippen LogP contribution in [0.5, 0.6) is 0 Å². The molecule has 1 atom stereocenters. The van der Waals surface area contributed by atoms with Gasteiger partial charge < -0.3 is 24.4 Å². The lowest BCUT2D eigenvalue weighted by Gasteiger charge is -2.37. The molecular weight excluding hydrogens is 282 g/mol. The van der Waals surface area contributed by atoms with Crippen molar-refractivity contribution in [1.82, 2.24) is 10.2 Å². The monoisotopic (exact) mass is 311 g/mol. The molecule has 1 unspecified atom stereocenters. The van der Waals surface area contributed by atoms with E-state index in [1.165, 1.54) is 12.8 Å². The molecule has 3 rings (SSSR count). The second-order valence-corrected chi connectivity index (χ2v) is 6.87. The molecule has 0 saturated carbocycles. The molecule has 0 aromatic rings. The standard InChI is InChI=1S/C16H29N3O3/c1-17-14(18-11-16(20-2)5-9-21-10-6-16)19-7-3-15(12-19)4-8-22-13-15/h3-13H2,1-2H3,(H,17,18). The third-order valence-corrected chi connectivity index (χ3v) is 5.54. The SMILES string of the molecule is CN=C(NCC1(OC)CCOCC1)N1CCC2(CCOC2)C1. The highest BCUT2D eigenvalue weighted by Gasteiger charge is 2.42. The molecule has 6 nitrogen and oxygen atoms in total. The molecule has 22 heavy (non-hydrogen) atoms. The average Bonchev–Trinajstić information content (AvgIpc) is 3.20. The molecule has 1 spiro atoms. The van der Waals surface area contributed by atoms with Crippen molar-refractivity contribution in [3.8, 4) is 0 Å². The van der Waals surface area contributed by atoms with E-state index in [9.17, 15) is 0 Å². The number of methoxy groups -OCH3 is 1. The fraction of sp³-hybridized carbons (Fsp3) is 0.938. The van der Waals surface area contributed by atoms with Gasteiger partial charge in [-0.2, -0.15) is 0 Å². The molecule has 0 radical (unpaired) electrons. The number of likely N-dealkylation sites (tertiary alicyclic amines) is 1. The average molecular weight is 311 g/mol. The number of aliphatic imine (C=N–C) groups is 1. The first-order valence-corrected chi connectivity index (χ1v) is 8.37. The number of hydrogen-bond acceptors (Lipinski definition) is 4. The zero-order valence-corrected chi connectivity index (χ0v) is 13.9. The van der Waals surface area contributed by atoms with Crippen LogP contribution in [0.4, 0.5) is 0 Å². The van der Waals surface area contributed by atoms with E-state index >= 15 is 0 Å². The summed E-state index contributed by atoms with van der Waals surface area (Å²) in [6, 6.07) is 0. The van der Waals surface area contributed by atoms with Crippen LogP contribution in [0.2, 0.25) is 0 Å². The maximum Gasteiger partial charge on any atom is 0.193 e. The summed E-state index contributed by atoms with van der Waals surface area (Å²) in [6.07, 6.45) is 4.26. The molecule has 0 aromatic heterocycles. The molecule has 3 aliphatic rings. The van der Waals surface area contributed by atoms with Crippen LogP contribution < -0.4 is 5.32 Å². The zero-order chi connectivity index (χ0) is 15.5. The number of hydrogen-bond donors (Lipinski definition) is 1. The van der Waals surface area contributed by atoms with Crippen LogP contribution in [0.15, 0.2) is 4.99 Å². The minimum atomic E-state index is -0.123. The van der Waals surface area contributed by atoms with E-state index < -0.39 is 0 Å². The molecule has 3 saturated heterocycles. The van der Waals surface area contributed by atoms with Crippen LogP contribution in [0, 0.1) is 5.41 Å². The smallest absolute Gasteiger partial charge is 0.193 e. The van der Waals surface area contributed by atoms with Crippen LogP contribution in [-0.4, -0.2) is 76.7 Å². The molecule has 0 aliphatic carbocycles. The van der Waals surface area contributed by atoms with Gasteiger partial charge in [-0.15, -0.1) is 0 Å². The van der Waals surface area contributed by atoms with E-state index in [0.717, 1.165) is 64.9 Å². The van der Waals surface area contributed by atoms with Crippen molar-refractivity contribution in [3.05, 3.63) is 0 Å². The first-order valence-electron chi connectivity index (χ1n) is 8.37. The molecule has 0 aromatic carbocycles. The van der Waals surface area contributed by atoms with Gasteiger partial charge in [-0.05, 0) is 12.8 Å². The van der Waals surface area contributed by atoms with Crippen LogP contribution in [0.25, 0.3) is 0 Å². The minimum absolute atomic E-state index is 0.123. The predicted octanol–water partition coefficient (Wildman–Crippen LogP) is 0.870. The molecule has 0 bridgehead atoms. The van der Waals surface area contributed by atoms with Gasteiger partial charge in [0.25, 0.3) is 0 Å². The Morgan fingerprint density at radius 2 is 1.95 bits per heavy atom. The zero-order valence-electron chi connectivity index (χ0n) is 13.9. The van der Waals surface area contributed by atoms with Gasteiger partial charge in [0.1, 0.15) is 0 Å². The summed E-state index contributed by atoms with van der Waals surface area (Å²) in [5, 5.41) is 3.53. The van der Waals surface area contributed by atoms with Crippen molar-refractivity contribution in [3.63, 3.8) is 0 Å². The summed E-state index contributed by atoms with van der Waals surface area (Å²) in [5.74, 6) is 0.992. The Labute approximate surface area is 133 Å². The minimum Gasteiger partial charge on any atom is -0.381 e. The summed E-state index contributed by atoms with van der Waals surface area (Å²) < 4.78 is 16.9. The molecule has 1 N–H and O–H groups in total. The van der Waals surface area contributed by atoms with Gasteiger partial charge in [-0.3, -0.25) is 4.99 Å². The fourth-order valence-corrected chi connectivity index (χ4v) is 3.86. The quantitative estimate of drug-likeness (QED) is 0.619. The van der Waals surface area contributed by atoms with Crippen molar-refractivity contribution >= 4 is 5.96 Å². The van der Waals surface area contributed by atoms with E-state index in [1.54, 1.807) is 7.11 Å². The maximum absolute atomic E-state index is 5.79. The lowest BCUT2D eigenvalue weighted by Crippen LogP contribution is -2.51. The first-order chi connectivity index (χ1) is 10.7. The van der Waals surface area contributed by atoms with Crippen molar-refractivity contribution in [2.24, 2.45) is 10.4 Å². The Bertz CT molecular complexity index is 401. The van der Waals surface area contributed by atoms with Crippen LogP contribution in [-0.2, 0) is 14.2 Å². The van der Waals surface area contributed by atoms with Crippen molar-refractivity contribution in [2.45, 2.75) is 31.3 Å². The van der Waals surface area contributed by atoms with Crippen molar-refractivity contribution < 1.29 is 14.2 Å². The Morgan fingerprint density at radius 1 is 1.18 bits per heavy atom. The highest BCUT2D eigenvalue weighted by molar-refractivity contribution is 5.80. The summed E-state index contributed by atoms with van der Waals surface area (Å²) >= 11 is 0. The van der Waals surface area contributed by atoms with Gasteiger partial charge >= 0.3 is 0 Å². The lowest BCUT2D eigenvalue weighted by molar-refractivity contribution is -0.0857. The first kappa shape index (κ1) is 16.0. The van der Waals surface area contributed by atoms with Crippen molar-refractivity contribution in [2.75, 3.05) is 60.2 Å². The lowest BCUT2D eigenvalue weighted by atomic mass is 9.87. The Kier molecular flexibility index (Phi) is 4.90. The Morgan fingerprint density at radius 3 is 2.59 bits per heavy atom. The molecule has 3 fully saturated rings. The molecule has 0 amide bonds. The van der Waals surface area contributed by atoms with E-state index in [4.69, 9.17) is 14.2 Å². The van der Waals surface area contributed by atoms with E-state index in [-0.39, 0.29) is 5.60 Å². The fourth-order valence-electron chi connectivity index (χ4n) is 3.86. The van der Waals surface area contributed by atoms with Crippen LogP contribution >= 0.6 is 0 Å². The second kappa shape index (κ2) is 6.72. The largest absolute Gasteiger partial charge is 0.381 e. The van der Waals surface area contributed by atoms with Crippen molar-refractivity contribution in [1.29, 1.82) is 0 Å². The number of nitrogens with one attached hydrogen (secondary N) is 1. The molecule has 3 heterocycles. The van der Waals surface area contributed by atoms with Crippen LogP contribution in [0.3, 0.4) is 0 Å². The normalized spacial score (nSPS) is 31.9. The summed E-state index contributed by atoms with van der Waals surface area (Å²) in [6.45, 7) is 6.27. The van der Waals surface area contributed by atoms with Gasteiger partial charge in [0.2, 0.25) is 0 Å². The van der Waals surface area contributed by atoms with Gasteiger partial charge in [0.15, 0.2) is 5.96 Å². The topological polar surface area (TPSA) is 55.3 Å². The number of ether oxygens (including phenoxy) is 3. The van der Waals surface area contributed by atoms with Gasteiger partial charge in [-0.25, -0.2) is 0 Å². The summed E-state index contributed by atoms with van der Waals surface area (Å²) in [5.41, 5.74) is 0.233. The van der Waals surface area contributed by atoms with Gasteiger partial charge in [0.05, 0.1) is 12.2 Å². The molecule has 6 heteroatoms. The Hall–Kier alpha value is -0.850. The van der Waals surface area contributed by atoms with Crippen LogP contribution in [0.1, 0.15) is 25.7 Å². The maximum atomic E-state index is 5.79. The molecule has 126 valence electrons. The number of rotatable bonds is 3. The highest BCUT2D eigenvalue weighted by atomic mass is 16.5. The Balaban J connectivity index is 1.56. The van der Waals surface area contributed by atoms with Gasteiger partial charge in [-0.1, -0.05) is 0 Å². The molecule has 3 aliphatic heterocycles. The number of guanidine groups is 1. The second-order valence-electron chi connectivity index (χ2n) is 6.87. The third-order valence-electron chi connectivity index (χ3n) is 5.54. The highest BCUT2D eigenvalue weighted by Crippen LogP contribution is 2.38. The van der Waals surface area contributed by atoms with E-state index in [0.29, 0.717) is 5.41 Å². The predicted molar refractivity (Wildman–Crippen MR) is 85.2 cm³/mol. The third kappa shape index (κ3) is 3.24. The van der Waals surface area contributed by atoms with Gasteiger partial charge in [0, 0.05) is 71.9 Å².